The second-order valence-corrected chi connectivity index (χ2v) is 2.78. The van der Waals surface area contributed by atoms with E-state index in [0.717, 1.165) is 19.1 Å². The zero-order chi connectivity index (χ0) is 11.6. The van der Waals surface area contributed by atoms with E-state index in [1.165, 1.54) is 0 Å². The summed E-state index contributed by atoms with van der Waals surface area (Å²) in [6.07, 6.45) is 0. The first kappa shape index (κ1) is 11.4. The first-order valence-corrected chi connectivity index (χ1v) is 3.97. The minimum absolute atomic E-state index is 0.280. The van der Waals surface area contributed by atoms with Crippen molar-refractivity contribution in [3.63, 3.8) is 0 Å². The van der Waals surface area contributed by atoms with Gasteiger partial charge in [0.1, 0.15) is 0 Å². The lowest BCUT2D eigenvalue weighted by atomic mass is 10.1. The maximum absolute atomic E-state index is 13.4. The van der Waals surface area contributed by atoms with Gasteiger partial charge in [0.25, 0.3) is 0 Å². The Labute approximate surface area is 83.6 Å². The fraction of sp³-hybridized carbons (Fsp3) is 0.222. The number of benzene rings is 1. The third kappa shape index (κ3) is 2.39. The number of nitrogens with two attached hydrogens (primary N) is 1. The number of carbonyl (C=O) groups is 1. The molecule has 82 valence electrons. The Kier molecular flexibility index (Phi) is 3.18. The Morgan fingerprint density at radius 3 is 2.53 bits per heavy atom. The van der Waals surface area contributed by atoms with Gasteiger partial charge in [0.05, 0.1) is 11.3 Å². The molecule has 3 nitrogen and oxygen atoms in total. The number of anilines is 1. The molecule has 1 aromatic rings. The SMILES string of the molecule is CC(=O)c1ccc(N)c(OC(F)F)c1F. The van der Waals surface area contributed by atoms with Crippen LogP contribution in [0.3, 0.4) is 0 Å². The number of ketones is 1. The minimum atomic E-state index is -3.19. The Bertz CT molecular complexity index is 393. The minimum Gasteiger partial charge on any atom is -0.429 e. The number of hydrogen-bond acceptors (Lipinski definition) is 3. The molecule has 0 aromatic heterocycles. The molecule has 0 aliphatic rings. The van der Waals surface area contributed by atoms with Gasteiger partial charge in [0, 0.05) is 0 Å². The number of Topliss-reactive ketones (excluding diaryl/α,β-unsaturated/α-hetero) is 1. The molecule has 0 radical (unpaired) electrons. The molecule has 0 saturated heterocycles. The molecule has 6 heteroatoms. The van der Waals surface area contributed by atoms with Crippen molar-refractivity contribution in [2.24, 2.45) is 0 Å². The first-order valence-electron chi connectivity index (χ1n) is 3.97. The van der Waals surface area contributed by atoms with Gasteiger partial charge in [-0.15, -0.1) is 0 Å². The van der Waals surface area contributed by atoms with Crippen LogP contribution in [-0.2, 0) is 0 Å². The summed E-state index contributed by atoms with van der Waals surface area (Å²) >= 11 is 0. The van der Waals surface area contributed by atoms with Crippen LogP contribution < -0.4 is 10.5 Å². The lowest BCUT2D eigenvalue weighted by Gasteiger charge is -2.10. The van der Waals surface area contributed by atoms with Gasteiger partial charge < -0.3 is 10.5 Å². The number of nitrogen functional groups attached to an aromatic ring is 1. The predicted molar refractivity (Wildman–Crippen MR) is 47.4 cm³/mol. The molecule has 0 spiro atoms. The summed E-state index contributed by atoms with van der Waals surface area (Å²) < 4.78 is 41.0. The van der Waals surface area contributed by atoms with Crippen molar-refractivity contribution < 1.29 is 22.7 Å². The van der Waals surface area contributed by atoms with Crippen LogP contribution in [-0.4, -0.2) is 12.4 Å². The maximum Gasteiger partial charge on any atom is 0.387 e. The van der Waals surface area contributed by atoms with Crippen molar-refractivity contribution in [2.45, 2.75) is 13.5 Å². The van der Waals surface area contributed by atoms with Crippen molar-refractivity contribution in [3.8, 4) is 5.75 Å². The second-order valence-electron chi connectivity index (χ2n) is 2.78. The molecule has 0 atom stereocenters. The Morgan fingerprint density at radius 2 is 2.07 bits per heavy atom. The largest absolute Gasteiger partial charge is 0.429 e. The summed E-state index contributed by atoms with van der Waals surface area (Å²) in [7, 11) is 0. The van der Waals surface area contributed by atoms with Gasteiger partial charge >= 0.3 is 6.61 Å². The summed E-state index contributed by atoms with van der Waals surface area (Å²) in [6.45, 7) is -2.08. The highest BCUT2D eigenvalue weighted by molar-refractivity contribution is 5.95. The van der Waals surface area contributed by atoms with Crippen LogP contribution in [0.25, 0.3) is 0 Å². The van der Waals surface area contributed by atoms with Crippen LogP contribution in [0.2, 0.25) is 0 Å². The highest BCUT2D eigenvalue weighted by Crippen LogP contribution is 2.29. The van der Waals surface area contributed by atoms with E-state index >= 15 is 0 Å². The molecule has 0 fully saturated rings. The fourth-order valence-electron chi connectivity index (χ4n) is 1.05. The zero-order valence-corrected chi connectivity index (χ0v) is 7.76. The number of alkyl halides is 2. The van der Waals surface area contributed by atoms with Crippen LogP contribution in [0.4, 0.5) is 18.9 Å². The van der Waals surface area contributed by atoms with Gasteiger partial charge in [-0.3, -0.25) is 4.79 Å². The molecule has 2 N–H and O–H groups in total. The highest BCUT2D eigenvalue weighted by atomic mass is 19.3. The normalized spacial score (nSPS) is 10.5. The Balaban J connectivity index is 3.24. The third-order valence-electron chi connectivity index (χ3n) is 1.71. The van der Waals surface area contributed by atoms with Crippen molar-refractivity contribution in [1.82, 2.24) is 0 Å². The third-order valence-corrected chi connectivity index (χ3v) is 1.71. The molecular formula is C9H8F3NO2. The molecule has 0 saturated carbocycles. The average Bonchev–Trinajstić information content (AvgIpc) is 2.11. The van der Waals surface area contributed by atoms with Crippen LogP contribution in [0.1, 0.15) is 17.3 Å². The van der Waals surface area contributed by atoms with Crippen LogP contribution >= 0.6 is 0 Å². The van der Waals surface area contributed by atoms with E-state index in [9.17, 15) is 18.0 Å². The summed E-state index contributed by atoms with van der Waals surface area (Å²) in [5, 5.41) is 0. The number of hydrogen-bond donors (Lipinski definition) is 1. The lowest BCUT2D eigenvalue weighted by molar-refractivity contribution is -0.0517. The van der Waals surface area contributed by atoms with E-state index in [-0.39, 0.29) is 11.3 Å². The van der Waals surface area contributed by atoms with E-state index in [1.54, 1.807) is 0 Å². The second kappa shape index (κ2) is 4.20. The van der Waals surface area contributed by atoms with Gasteiger partial charge in [-0.2, -0.15) is 8.78 Å². The number of carbonyl (C=O) groups excluding carboxylic acids is 1. The monoisotopic (exact) mass is 219 g/mol. The topological polar surface area (TPSA) is 52.3 Å². The number of halogens is 3. The van der Waals surface area contributed by atoms with Crippen molar-refractivity contribution in [1.29, 1.82) is 0 Å². The van der Waals surface area contributed by atoms with Gasteiger partial charge in [0.15, 0.2) is 17.3 Å². The van der Waals surface area contributed by atoms with Crippen LogP contribution in [0, 0.1) is 5.82 Å². The van der Waals surface area contributed by atoms with Gasteiger partial charge in [-0.1, -0.05) is 0 Å². The van der Waals surface area contributed by atoms with Crippen LogP contribution in [0.15, 0.2) is 12.1 Å². The number of rotatable bonds is 3. The van der Waals surface area contributed by atoms with E-state index in [1.807, 2.05) is 0 Å². The van der Waals surface area contributed by atoms with E-state index in [2.05, 4.69) is 4.74 Å². The molecule has 0 bridgehead atoms. The average molecular weight is 219 g/mol. The van der Waals surface area contributed by atoms with Crippen molar-refractivity contribution in [3.05, 3.63) is 23.5 Å². The molecular weight excluding hydrogens is 211 g/mol. The van der Waals surface area contributed by atoms with E-state index in [0.29, 0.717) is 0 Å². The summed E-state index contributed by atoms with van der Waals surface area (Å²) in [5.74, 6) is -2.55. The van der Waals surface area contributed by atoms with Crippen LogP contribution in [0.5, 0.6) is 5.75 Å². The molecule has 15 heavy (non-hydrogen) atoms. The van der Waals surface area contributed by atoms with E-state index < -0.39 is 24.0 Å². The standard InChI is InChI=1S/C9H8F3NO2/c1-4(14)5-2-3-6(13)8(7(5)10)15-9(11)12/h2-3,9H,13H2,1H3. The molecule has 0 heterocycles. The van der Waals surface area contributed by atoms with Gasteiger partial charge in [-0.25, -0.2) is 4.39 Å². The predicted octanol–water partition coefficient (Wildman–Crippen LogP) is 2.21. The van der Waals surface area contributed by atoms with Gasteiger partial charge in [-0.05, 0) is 19.1 Å². The first-order chi connectivity index (χ1) is 6.93. The zero-order valence-electron chi connectivity index (χ0n) is 7.76. The van der Waals surface area contributed by atoms with E-state index in [4.69, 9.17) is 5.73 Å². The molecule has 0 unspecified atom stereocenters. The molecule has 1 rings (SSSR count). The maximum atomic E-state index is 13.4. The number of ether oxygens (including phenoxy) is 1. The Hall–Kier alpha value is -1.72. The molecule has 1 aromatic carbocycles. The Morgan fingerprint density at radius 1 is 1.47 bits per heavy atom. The lowest BCUT2D eigenvalue weighted by Crippen LogP contribution is -2.09. The van der Waals surface area contributed by atoms with Crippen molar-refractivity contribution in [2.75, 3.05) is 5.73 Å². The summed E-state index contributed by atoms with van der Waals surface area (Å²) in [5.41, 5.74) is 4.62. The molecule has 0 aliphatic heterocycles. The molecule has 0 aliphatic carbocycles. The quantitative estimate of drug-likeness (QED) is 0.626. The molecule has 0 amide bonds. The highest BCUT2D eigenvalue weighted by Gasteiger charge is 2.18. The summed E-state index contributed by atoms with van der Waals surface area (Å²) in [4.78, 5) is 10.9. The fourth-order valence-corrected chi connectivity index (χ4v) is 1.05. The summed E-state index contributed by atoms with van der Waals surface area (Å²) in [6, 6.07) is 2.25. The van der Waals surface area contributed by atoms with Gasteiger partial charge in [0.2, 0.25) is 0 Å². The van der Waals surface area contributed by atoms with Crippen molar-refractivity contribution >= 4 is 11.5 Å². The smallest absolute Gasteiger partial charge is 0.387 e.